The number of esters is 2. The Bertz CT molecular complexity index is 1600. The molecule has 1 saturated heterocycles. The largest absolute Gasteiger partial charge is 0.460 e. The van der Waals surface area contributed by atoms with Crippen molar-refractivity contribution in [1.82, 2.24) is 19.5 Å². The number of aromatic nitrogens is 4. The Balaban J connectivity index is 1.58. The van der Waals surface area contributed by atoms with E-state index < -0.39 is 47.5 Å². The lowest BCUT2D eigenvalue weighted by atomic mass is 9.74. The molecule has 1 fully saturated rings. The summed E-state index contributed by atoms with van der Waals surface area (Å²) < 4.78 is 34.1. The molecule has 0 saturated carbocycles. The summed E-state index contributed by atoms with van der Waals surface area (Å²) in [6, 6.07) is 17.4. The Morgan fingerprint density at radius 3 is 2.30 bits per heavy atom. The van der Waals surface area contributed by atoms with Crippen molar-refractivity contribution in [2.45, 2.75) is 32.2 Å². The number of H-pyrrole nitrogens is 1. The van der Waals surface area contributed by atoms with E-state index in [2.05, 4.69) is 15.0 Å². The monoisotopic (exact) mass is 551 g/mol. The number of carbonyl (C=O) groups is 2. The summed E-state index contributed by atoms with van der Waals surface area (Å²) in [5, 5.41) is 10.1. The first-order valence-electron chi connectivity index (χ1n) is 12.3. The maximum atomic E-state index is 16.4. The van der Waals surface area contributed by atoms with Crippen molar-refractivity contribution in [3.63, 3.8) is 0 Å². The first-order chi connectivity index (χ1) is 19.2. The van der Waals surface area contributed by atoms with Gasteiger partial charge in [0, 0.05) is 0 Å². The Labute approximate surface area is 226 Å². The van der Waals surface area contributed by atoms with E-state index in [9.17, 15) is 19.5 Å². The van der Waals surface area contributed by atoms with Crippen molar-refractivity contribution in [2.24, 2.45) is 11.3 Å². The molecule has 4 aromatic rings. The first kappa shape index (κ1) is 27.0. The molecule has 0 spiro atoms. The molecule has 12 nitrogen and oxygen atoms in total. The molecule has 0 bridgehead atoms. The summed E-state index contributed by atoms with van der Waals surface area (Å²) in [6.07, 6.45) is -0.546. The molecule has 2 aromatic heterocycles. The van der Waals surface area contributed by atoms with Gasteiger partial charge in [0.15, 0.2) is 17.4 Å². The molecule has 1 aliphatic heterocycles. The predicted octanol–water partition coefficient (Wildman–Crippen LogP) is 2.00. The van der Waals surface area contributed by atoms with Gasteiger partial charge in [-0.05, 0) is 18.1 Å². The zero-order valence-electron chi connectivity index (χ0n) is 21.3. The van der Waals surface area contributed by atoms with Crippen molar-refractivity contribution >= 4 is 29.1 Å². The van der Waals surface area contributed by atoms with Crippen LogP contribution in [-0.2, 0) is 37.0 Å². The van der Waals surface area contributed by atoms with Crippen LogP contribution >= 0.6 is 0 Å². The van der Waals surface area contributed by atoms with Crippen molar-refractivity contribution in [3.05, 3.63) is 88.5 Å². The van der Waals surface area contributed by atoms with Gasteiger partial charge >= 0.3 is 11.9 Å². The number of hydrogen-bond donors (Lipinski definition) is 3. The number of carbonyl (C=O) groups excluding carboxylic acids is 2. The summed E-state index contributed by atoms with van der Waals surface area (Å²) in [7, 11) is 0. The van der Waals surface area contributed by atoms with Crippen LogP contribution in [0.1, 0.15) is 24.3 Å². The Morgan fingerprint density at radius 1 is 1.10 bits per heavy atom. The Morgan fingerprint density at radius 2 is 1.70 bits per heavy atom. The number of ether oxygens (including phenoxy) is 3. The highest BCUT2D eigenvalue weighted by atomic mass is 19.2. The van der Waals surface area contributed by atoms with Crippen molar-refractivity contribution in [1.29, 1.82) is 0 Å². The number of rotatable bonds is 8. The summed E-state index contributed by atoms with van der Waals surface area (Å²) in [4.78, 5) is 50.1. The number of benzene rings is 2. The number of aromatic amines is 1. The second kappa shape index (κ2) is 10.5. The normalized spacial score (nSPS) is 24.2. The first-order valence-corrected chi connectivity index (χ1v) is 12.3. The van der Waals surface area contributed by atoms with E-state index >= 15 is 4.39 Å². The van der Waals surface area contributed by atoms with Crippen LogP contribution < -0.4 is 11.3 Å². The lowest BCUT2D eigenvalue weighted by Crippen LogP contribution is -2.49. The molecule has 0 aliphatic carbocycles. The van der Waals surface area contributed by atoms with E-state index in [-0.39, 0.29) is 30.3 Å². The average molecular weight is 552 g/mol. The predicted molar refractivity (Wildman–Crippen MR) is 138 cm³/mol. The number of anilines is 1. The van der Waals surface area contributed by atoms with E-state index in [0.29, 0.717) is 11.1 Å². The zero-order chi connectivity index (χ0) is 28.5. The van der Waals surface area contributed by atoms with Gasteiger partial charge in [-0.25, -0.2) is 9.37 Å². The fourth-order valence-electron chi connectivity index (χ4n) is 4.89. The maximum absolute atomic E-state index is 16.4. The number of aliphatic hydroxyl groups excluding tert-OH is 1. The third kappa shape index (κ3) is 4.69. The Hall–Kier alpha value is -4.62. The number of aliphatic hydroxyl groups is 1. The van der Waals surface area contributed by atoms with Crippen LogP contribution in [0.15, 0.2) is 71.8 Å². The van der Waals surface area contributed by atoms with Crippen LogP contribution in [0.25, 0.3) is 11.2 Å². The molecule has 0 amide bonds. The number of halogens is 1. The lowest BCUT2D eigenvalue weighted by molar-refractivity contribution is -0.202. The highest BCUT2D eigenvalue weighted by Crippen LogP contribution is 2.56. The molecular weight excluding hydrogens is 525 g/mol. The summed E-state index contributed by atoms with van der Waals surface area (Å²) in [5.74, 6) is -7.49. The third-order valence-electron chi connectivity index (χ3n) is 6.88. The van der Waals surface area contributed by atoms with Crippen molar-refractivity contribution in [2.75, 3.05) is 12.3 Å². The van der Waals surface area contributed by atoms with E-state index in [4.69, 9.17) is 19.9 Å². The SMILES string of the molecule is C[C@]1(C(=O)OCc2ccccc2)[C@H](n2cnc3c(=O)[nH]c(N)nc32)O[C@](F)(CO)[C@H]1C(=O)OCc1ccccc1. The van der Waals surface area contributed by atoms with E-state index in [1.165, 1.54) is 6.92 Å². The van der Waals surface area contributed by atoms with Gasteiger partial charge in [0.05, 0.1) is 6.33 Å². The fraction of sp³-hybridized carbons (Fsp3) is 0.296. The Kier molecular flexibility index (Phi) is 7.08. The number of nitrogens with zero attached hydrogens (tertiary/aromatic N) is 3. The van der Waals surface area contributed by atoms with Gasteiger partial charge in [-0.3, -0.25) is 23.9 Å². The second-order valence-corrected chi connectivity index (χ2v) is 9.56. The molecule has 0 radical (unpaired) electrons. The fourth-order valence-corrected chi connectivity index (χ4v) is 4.89. The molecule has 1 aliphatic rings. The van der Waals surface area contributed by atoms with Crippen molar-refractivity contribution < 1.29 is 33.3 Å². The maximum Gasteiger partial charge on any atom is 0.317 e. The third-order valence-corrected chi connectivity index (χ3v) is 6.88. The summed E-state index contributed by atoms with van der Waals surface area (Å²) in [6.45, 7) is -0.446. The summed E-state index contributed by atoms with van der Waals surface area (Å²) >= 11 is 0. The van der Waals surface area contributed by atoms with Crippen molar-refractivity contribution in [3.8, 4) is 0 Å². The second-order valence-electron chi connectivity index (χ2n) is 9.56. The molecule has 40 heavy (non-hydrogen) atoms. The van der Waals surface area contributed by atoms with E-state index in [1.54, 1.807) is 60.7 Å². The van der Waals surface area contributed by atoms with Gasteiger partial charge < -0.3 is 25.1 Å². The van der Waals surface area contributed by atoms with Gasteiger partial charge in [0.25, 0.3) is 5.56 Å². The van der Waals surface area contributed by atoms with Crippen LogP contribution in [0.3, 0.4) is 0 Å². The molecule has 5 rings (SSSR count). The van der Waals surface area contributed by atoms with E-state index in [1.807, 2.05) is 0 Å². The number of imidazole rings is 1. The summed E-state index contributed by atoms with van der Waals surface area (Å²) in [5.41, 5.74) is 3.86. The molecular formula is C27H26FN5O7. The van der Waals surface area contributed by atoms with Crippen LogP contribution in [-0.4, -0.2) is 49.0 Å². The highest BCUT2D eigenvalue weighted by Gasteiger charge is 2.71. The smallest absolute Gasteiger partial charge is 0.317 e. The topological polar surface area (TPSA) is 172 Å². The molecule has 2 aromatic carbocycles. The van der Waals surface area contributed by atoms with Gasteiger partial charge in [-0.2, -0.15) is 4.98 Å². The van der Waals surface area contributed by atoms with Crippen LogP contribution in [0.4, 0.5) is 10.3 Å². The number of fused-ring (bicyclic) bond motifs is 1. The van der Waals surface area contributed by atoms with Crippen LogP contribution in [0.5, 0.6) is 0 Å². The standard InChI is InChI=1S/C27H26FN5O7/c1-26(24(37)39-13-17-10-6-3-7-11-17)19(22(36)38-12-16-8-4-2-5-9-16)27(28,14-34)40-23(26)33-15-30-18-20(33)31-25(29)32-21(18)35/h2-11,15,19,23,34H,12-14H2,1H3,(H3,29,31,32,35)/t19-,23+,26+,27+/m0/s1. The average Bonchev–Trinajstić information content (AvgIpc) is 3.48. The minimum absolute atomic E-state index is 0.132. The molecule has 4 atom stereocenters. The number of hydrogen-bond acceptors (Lipinski definition) is 10. The number of alkyl halides is 1. The molecule has 3 heterocycles. The van der Waals surface area contributed by atoms with Crippen LogP contribution in [0.2, 0.25) is 0 Å². The van der Waals surface area contributed by atoms with Gasteiger partial charge in [-0.15, -0.1) is 0 Å². The highest BCUT2D eigenvalue weighted by molar-refractivity contribution is 5.87. The molecule has 13 heteroatoms. The van der Waals surface area contributed by atoms with Gasteiger partial charge in [-0.1, -0.05) is 60.7 Å². The van der Waals surface area contributed by atoms with E-state index in [0.717, 1.165) is 10.9 Å². The number of nitrogens with one attached hydrogen (secondary N) is 1. The van der Waals surface area contributed by atoms with Gasteiger partial charge in [0.1, 0.15) is 31.2 Å². The lowest BCUT2D eigenvalue weighted by Gasteiger charge is -2.32. The molecule has 0 unspecified atom stereocenters. The minimum Gasteiger partial charge on any atom is -0.460 e. The quantitative estimate of drug-likeness (QED) is 0.275. The zero-order valence-corrected chi connectivity index (χ0v) is 21.3. The van der Waals surface area contributed by atoms with Crippen LogP contribution in [0, 0.1) is 11.3 Å². The number of nitrogens with two attached hydrogens (primary N) is 1. The van der Waals surface area contributed by atoms with Gasteiger partial charge in [0.2, 0.25) is 11.8 Å². The number of nitrogen functional groups attached to an aromatic ring is 1. The minimum atomic E-state index is -3.08. The molecule has 208 valence electrons. The molecule has 4 N–H and O–H groups in total.